The predicted octanol–water partition coefficient (Wildman–Crippen LogP) is 4.54. The van der Waals surface area contributed by atoms with Crippen LogP contribution in [0.1, 0.15) is 23.2 Å². The fourth-order valence-electron chi connectivity index (χ4n) is 2.70. The minimum Gasteiger partial charge on any atom is -0.397 e. The molecule has 0 atom stereocenters. The van der Waals surface area contributed by atoms with Gasteiger partial charge >= 0.3 is 0 Å². The summed E-state index contributed by atoms with van der Waals surface area (Å²) in [5.41, 5.74) is 8.80. The first-order valence-electron chi connectivity index (χ1n) is 7.45. The molecule has 1 fully saturated rings. The van der Waals surface area contributed by atoms with E-state index in [9.17, 15) is 4.79 Å². The lowest BCUT2D eigenvalue weighted by Gasteiger charge is -2.21. The number of carbonyl (C=O) groups is 1. The van der Waals surface area contributed by atoms with Gasteiger partial charge in [0.1, 0.15) is 0 Å². The maximum absolute atomic E-state index is 12.4. The summed E-state index contributed by atoms with van der Waals surface area (Å²) in [7, 11) is 0. The van der Waals surface area contributed by atoms with Gasteiger partial charge in [0.15, 0.2) is 0 Å². The summed E-state index contributed by atoms with van der Waals surface area (Å²) in [5, 5.41) is 3.31. The van der Waals surface area contributed by atoms with E-state index in [2.05, 4.69) is 26.1 Å². The van der Waals surface area contributed by atoms with Crippen LogP contribution in [0.25, 0.3) is 0 Å². The minimum atomic E-state index is -0.198. The van der Waals surface area contributed by atoms with Crippen molar-refractivity contribution in [1.82, 2.24) is 0 Å². The maximum atomic E-state index is 12.4. The molecule has 1 saturated heterocycles. The maximum Gasteiger partial charge on any atom is 0.255 e. The average Bonchev–Trinajstić information content (AvgIpc) is 3.04. The highest BCUT2D eigenvalue weighted by molar-refractivity contribution is 9.10. The standard InChI is InChI=1S/C17H17BrClN3O/c18-12-5-3-11(4-6-12)17(23)21-15-10-16(14(20)9-13(15)19)22-7-1-2-8-22/h3-6,9-10H,1-2,7-8,20H2,(H,21,23). The molecule has 4 nitrogen and oxygen atoms in total. The molecular weight excluding hydrogens is 378 g/mol. The normalized spacial score (nSPS) is 14.1. The lowest BCUT2D eigenvalue weighted by molar-refractivity contribution is 0.102. The topological polar surface area (TPSA) is 58.4 Å². The molecule has 0 aromatic heterocycles. The first-order valence-corrected chi connectivity index (χ1v) is 8.62. The molecule has 0 bridgehead atoms. The van der Waals surface area contributed by atoms with Gasteiger partial charge in [-0.15, -0.1) is 0 Å². The second kappa shape index (κ2) is 6.81. The first kappa shape index (κ1) is 16.1. The fraction of sp³-hybridized carbons (Fsp3) is 0.235. The number of carbonyl (C=O) groups excluding carboxylic acids is 1. The van der Waals surface area contributed by atoms with E-state index in [1.807, 2.05) is 18.2 Å². The number of benzene rings is 2. The molecule has 0 aliphatic carbocycles. The molecule has 0 saturated carbocycles. The van der Waals surface area contributed by atoms with Crippen molar-refractivity contribution in [2.45, 2.75) is 12.8 Å². The molecule has 1 aliphatic rings. The van der Waals surface area contributed by atoms with Gasteiger partial charge in [-0.2, -0.15) is 0 Å². The van der Waals surface area contributed by atoms with E-state index in [-0.39, 0.29) is 5.91 Å². The van der Waals surface area contributed by atoms with Crippen molar-refractivity contribution in [1.29, 1.82) is 0 Å². The molecule has 1 amide bonds. The lowest BCUT2D eigenvalue weighted by atomic mass is 10.2. The van der Waals surface area contributed by atoms with Crippen LogP contribution in [-0.2, 0) is 0 Å². The highest BCUT2D eigenvalue weighted by Crippen LogP contribution is 2.35. The van der Waals surface area contributed by atoms with Crippen molar-refractivity contribution in [3.63, 3.8) is 0 Å². The van der Waals surface area contributed by atoms with Crippen molar-refractivity contribution in [3.05, 3.63) is 51.5 Å². The molecular formula is C17H17BrClN3O. The Hall–Kier alpha value is -1.72. The Kier molecular flexibility index (Phi) is 4.78. The summed E-state index contributed by atoms with van der Waals surface area (Å²) in [4.78, 5) is 14.6. The van der Waals surface area contributed by atoms with Crippen molar-refractivity contribution >= 4 is 50.5 Å². The first-order chi connectivity index (χ1) is 11.0. The molecule has 6 heteroatoms. The summed E-state index contributed by atoms with van der Waals surface area (Å²) in [6.07, 6.45) is 2.31. The van der Waals surface area contributed by atoms with E-state index >= 15 is 0 Å². The van der Waals surface area contributed by atoms with Crippen LogP contribution in [0.4, 0.5) is 17.1 Å². The van der Waals surface area contributed by atoms with Crippen LogP contribution in [0.15, 0.2) is 40.9 Å². The largest absolute Gasteiger partial charge is 0.397 e. The molecule has 0 radical (unpaired) electrons. The van der Waals surface area contributed by atoms with E-state index in [1.165, 1.54) is 0 Å². The molecule has 2 aromatic carbocycles. The molecule has 1 heterocycles. The van der Waals surface area contributed by atoms with Crippen molar-refractivity contribution < 1.29 is 4.79 Å². The van der Waals surface area contributed by atoms with Crippen molar-refractivity contribution in [2.75, 3.05) is 29.0 Å². The van der Waals surface area contributed by atoms with Crippen LogP contribution in [0.2, 0.25) is 5.02 Å². The van der Waals surface area contributed by atoms with Crippen LogP contribution in [0.5, 0.6) is 0 Å². The number of nitrogens with zero attached hydrogens (tertiary/aromatic N) is 1. The van der Waals surface area contributed by atoms with Crippen LogP contribution < -0.4 is 16.0 Å². The van der Waals surface area contributed by atoms with Crippen LogP contribution in [0, 0.1) is 0 Å². The number of nitrogens with two attached hydrogens (primary N) is 1. The van der Waals surface area contributed by atoms with E-state index in [0.717, 1.165) is 36.1 Å². The van der Waals surface area contributed by atoms with Gasteiger partial charge in [-0.1, -0.05) is 27.5 Å². The summed E-state index contributed by atoms with van der Waals surface area (Å²) in [6.45, 7) is 1.96. The highest BCUT2D eigenvalue weighted by Gasteiger charge is 2.18. The van der Waals surface area contributed by atoms with Crippen molar-refractivity contribution in [2.24, 2.45) is 0 Å². The van der Waals surface area contributed by atoms with Gasteiger partial charge < -0.3 is 16.0 Å². The second-order valence-electron chi connectivity index (χ2n) is 5.55. The number of amides is 1. The molecule has 2 aromatic rings. The lowest BCUT2D eigenvalue weighted by Crippen LogP contribution is -2.20. The van der Waals surface area contributed by atoms with Gasteiger partial charge in [0, 0.05) is 23.1 Å². The zero-order chi connectivity index (χ0) is 16.4. The van der Waals surface area contributed by atoms with Gasteiger partial charge in [0.05, 0.1) is 22.1 Å². The van der Waals surface area contributed by atoms with Crippen LogP contribution >= 0.6 is 27.5 Å². The van der Waals surface area contributed by atoms with Gasteiger partial charge in [-0.3, -0.25) is 4.79 Å². The zero-order valence-electron chi connectivity index (χ0n) is 12.5. The molecule has 3 N–H and O–H groups in total. The molecule has 0 spiro atoms. The van der Waals surface area contributed by atoms with Crippen LogP contribution in [0.3, 0.4) is 0 Å². The Morgan fingerprint density at radius 3 is 2.48 bits per heavy atom. The Morgan fingerprint density at radius 2 is 1.83 bits per heavy atom. The molecule has 120 valence electrons. The molecule has 1 aliphatic heterocycles. The number of hydrogen-bond donors (Lipinski definition) is 2. The monoisotopic (exact) mass is 393 g/mol. The second-order valence-corrected chi connectivity index (χ2v) is 6.87. The van der Waals surface area contributed by atoms with E-state index < -0.39 is 0 Å². The molecule has 0 unspecified atom stereocenters. The predicted molar refractivity (Wildman–Crippen MR) is 99.4 cm³/mol. The number of hydrogen-bond acceptors (Lipinski definition) is 3. The van der Waals surface area contributed by atoms with Gasteiger partial charge in [0.2, 0.25) is 0 Å². The molecule has 23 heavy (non-hydrogen) atoms. The third-order valence-corrected chi connectivity index (χ3v) is 4.76. The number of halogens is 2. The summed E-state index contributed by atoms with van der Waals surface area (Å²) in [6, 6.07) is 10.7. The van der Waals surface area contributed by atoms with E-state index in [4.69, 9.17) is 17.3 Å². The minimum absolute atomic E-state index is 0.198. The Morgan fingerprint density at radius 1 is 1.17 bits per heavy atom. The third-order valence-electron chi connectivity index (χ3n) is 3.92. The highest BCUT2D eigenvalue weighted by atomic mass is 79.9. The van der Waals surface area contributed by atoms with E-state index in [0.29, 0.717) is 22.0 Å². The summed E-state index contributed by atoms with van der Waals surface area (Å²) >= 11 is 9.60. The van der Waals surface area contributed by atoms with Gasteiger partial charge in [-0.25, -0.2) is 0 Å². The quantitative estimate of drug-likeness (QED) is 0.752. The fourth-order valence-corrected chi connectivity index (χ4v) is 3.18. The Balaban J connectivity index is 1.85. The average molecular weight is 395 g/mol. The SMILES string of the molecule is Nc1cc(Cl)c(NC(=O)c2ccc(Br)cc2)cc1N1CCCC1. The molecule has 3 rings (SSSR count). The number of nitrogen functional groups attached to an aromatic ring is 1. The Bertz CT molecular complexity index is 727. The zero-order valence-corrected chi connectivity index (χ0v) is 14.8. The third kappa shape index (κ3) is 3.62. The van der Waals surface area contributed by atoms with Crippen molar-refractivity contribution in [3.8, 4) is 0 Å². The summed E-state index contributed by atoms with van der Waals surface area (Å²) in [5.74, 6) is -0.198. The van der Waals surface area contributed by atoms with Gasteiger partial charge in [-0.05, 0) is 49.2 Å². The smallest absolute Gasteiger partial charge is 0.255 e. The van der Waals surface area contributed by atoms with E-state index in [1.54, 1.807) is 18.2 Å². The number of anilines is 3. The van der Waals surface area contributed by atoms with Gasteiger partial charge in [0.25, 0.3) is 5.91 Å². The summed E-state index contributed by atoms with van der Waals surface area (Å²) < 4.78 is 0.927. The number of nitrogens with one attached hydrogen (secondary N) is 1. The van der Waals surface area contributed by atoms with Crippen LogP contribution in [-0.4, -0.2) is 19.0 Å². The Labute approximate surface area is 148 Å². The number of rotatable bonds is 3.